The summed E-state index contributed by atoms with van der Waals surface area (Å²) in [4.78, 5) is 17.4. The molecule has 0 aliphatic carbocycles. The number of nitrogens with zero attached hydrogens (tertiary/aromatic N) is 1. The van der Waals surface area contributed by atoms with Crippen molar-refractivity contribution in [3.8, 4) is 0 Å². The Balaban J connectivity index is 1.82. The van der Waals surface area contributed by atoms with Crippen molar-refractivity contribution in [2.24, 2.45) is 5.73 Å². The molecule has 1 aromatic carbocycles. The quantitative estimate of drug-likeness (QED) is 0.801. The molecule has 1 aliphatic rings. The van der Waals surface area contributed by atoms with E-state index >= 15 is 0 Å². The number of likely N-dealkylation sites (tertiary alicyclic amines) is 1. The van der Waals surface area contributed by atoms with Crippen molar-refractivity contribution in [2.45, 2.75) is 18.9 Å². The number of aromatic amines is 1. The Bertz CT molecular complexity index is 567. The Morgan fingerprint density at radius 3 is 2.83 bits per heavy atom. The minimum absolute atomic E-state index is 0.116. The lowest BCUT2D eigenvalue weighted by Crippen LogP contribution is -2.42. The van der Waals surface area contributed by atoms with Crippen molar-refractivity contribution in [1.82, 2.24) is 9.88 Å². The number of amides is 1. The lowest BCUT2D eigenvalue weighted by Gasteiger charge is -2.30. The van der Waals surface area contributed by atoms with E-state index in [9.17, 15) is 4.79 Å². The molecule has 3 rings (SSSR count). The van der Waals surface area contributed by atoms with Crippen LogP contribution >= 0.6 is 0 Å². The van der Waals surface area contributed by atoms with Gasteiger partial charge in [0.15, 0.2) is 0 Å². The molecule has 0 unspecified atom stereocenters. The van der Waals surface area contributed by atoms with Crippen LogP contribution in [-0.2, 0) is 0 Å². The van der Waals surface area contributed by atoms with Gasteiger partial charge in [-0.2, -0.15) is 0 Å². The van der Waals surface area contributed by atoms with Crippen LogP contribution in [0.5, 0.6) is 0 Å². The van der Waals surface area contributed by atoms with Crippen LogP contribution in [0.2, 0.25) is 0 Å². The van der Waals surface area contributed by atoms with Crippen LogP contribution in [0.25, 0.3) is 10.9 Å². The normalized spacial score (nSPS) is 17.3. The summed E-state index contributed by atoms with van der Waals surface area (Å²) in [7, 11) is 0. The fourth-order valence-electron chi connectivity index (χ4n) is 2.47. The summed E-state index contributed by atoms with van der Waals surface area (Å²) in [6, 6.07) is 8.02. The molecule has 1 aromatic heterocycles. The van der Waals surface area contributed by atoms with Crippen LogP contribution in [0.15, 0.2) is 30.5 Å². The Labute approximate surface area is 106 Å². The first-order valence-electron chi connectivity index (χ1n) is 6.36. The number of benzene rings is 1. The number of rotatable bonds is 1. The third-order valence-corrected chi connectivity index (χ3v) is 3.63. The number of hydrogen-bond acceptors (Lipinski definition) is 2. The van der Waals surface area contributed by atoms with E-state index in [0.29, 0.717) is 0 Å². The maximum Gasteiger partial charge on any atom is 0.253 e. The third kappa shape index (κ3) is 1.99. The molecular weight excluding hydrogens is 226 g/mol. The smallest absolute Gasteiger partial charge is 0.253 e. The minimum Gasteiger partial charge on any atom is -0.361 e. The van der Waals surface area contributed by atoms with Gasteiger partial charge in [-0.3, -0.25) is 4.79 Å². The standard InChI is InChI=1S/C14H17N3O/c15-12-4-7-17(8-5-12)14(18)11-1-2-13-10(9-11)3-6-16-13/h1-3,6,9,12,16H,4-5,7-8,15H2. The second-order valence-electron chi connectivity index (χ2n) is 4.91. The van der Waals surface area contributed by atoms with E-state index in [4.69, 9.17) is 5.73 Å². The van der Waals surface area contributed by atoms with Gasteiger partial charge >= 0.3 is 0 Å². The van der Waals surface area contributed by atoms with E-state index in [0.717, 1.165) is 42.4 Å². The molecule has 0 radical (unpaired) electrons. The highest BCUT2D eigenvalue weighted by molar-refractivity contribution is 5.98. The van der Waals surface area contributed by atoms with E-state index in [-0.39, 0.29) is 11.9 Å². The number of fused-ring (bicyclic) bond motifs is 1. The number of nitrogens with one attached hydrogen (secondary N) is 1. The highest BCUT2D eigenvalue weighted by Gasteiger charge is 2.21. The summed E-state index contributed by atoms with van der Waals surface area (Å²) in [5.41, 5.74) is 7.68. The number of H-pyrrole nitrogens is 1. The molecule has 4 heteroatoms. The van der Waals surface area contributed by atoms with Gasteiger partial charge < -0.3 is 15.6 Å². The second kappa shape index (κ2) is 4.46. The third-order valence-electron chi connectivity index (χ3n) is 3.63. The summed E-state index contributed by atoms with van der Waals surface area (Å²) >= 11 is 0. The average Bonchev–Trinajstić information content (AvgIpc) is 2.86. The summed E-state index contributed by atoms with van der Waals surface area (Å²) in [6.07, 6.45) is 3.69. The number of carbonyl (C=O) groups is 1. The summed E-state index contributed by atoms with van der Waals surface area (Å²) in [5.74, 6) is 0.116. The zero-order chi connectivity index (χ0) is 12.5. The minimum atomic E-state index is 0.116. The van der Waals surface area contributed by atoms with E-state index in [2.05, 4.69) is 4.98 Å². The molecule has 0 saturated carbocycles. The monoisotopic (exact) mass is 243 g/mol. The van der Waals surface area contributed by atoms with Gasteiger partial charge in [-0.1, -0.05) is 0 Å². The van der Waals surface area contributed by atoms with E-state index in [1.165, 1.54) is 0 Å². The van der Waals surface area contributed by atoms with Crippen molar-refractivity contribution < 1.29 is 4.79 Å². The molecule has 0 atom stereocenters. The molecule has 4 nitrogen and oxygen atoms in total. The first-order chi connectivity index (χ1) is 8.74. The Hall–Kier alpha value is -1.81. The van der Waals surface area contributed by atoms with Gasteiger partial charge in [0.05, 0.1) is 0 Å². The van der Waals surface area contributed by atoms with Crippen LogP contribution in [0.1, 0.15) is 23.2 Å². The highest BCUT2D eigenvalue weighted by atomic mass is 16.2. The van der Waals surface area contributed by atoms with Crippen LogP contribution in [0, 0.1) is 0 Å². The summed E-state index contributed by atoms with van der Waals surface area (Å²) in [5, 5.41) is 1.08. The average molecular weight is 243 g/mol. The molecular formula is C14H17N3O. The van der Waals surface area contributed by atoms with Crippen molar-refractivity contribution >= 4 is 16.8 Å². The second-order valence-corrected chi connectivity index (χ2v) is 4.91. The van der Waals surface area contributed by atoms with Gasteiger partial charge in [-0.15, -0.1) is 0 Å². The molecule has 94 valence electrons. The van der Waals surface area contributed by atoms with Gasteiger partial charge in [0.2, 0.25) is 0 Å². The van der Waals surface area contributed by atoms with E-state index < -0.39 is 0 Å². The van der Waals surface area contributed by atoms with Gasteiger partial charge in [0.1, 0.15) is 0 Å². The zero-order valence-electron chi connectivity index (χ0n) is 10.2. The summed E-state index contributed by atoms with van der Waals surface area (Å²) in [6.45, 7) is 1.54. The van der Waals surface area contributed by atoms with Crippen LogP contribution < -0.4 is 5.73 Å². The molecule has 0 spiro atoms. The maximum absolute atomic E-state index is 12.3. The molecule has 3 N–H and O–H groups in total. The summed E-state index contributed by atoms with van der Waals surface area (Å²) < 4.78 is 0. The SMILES string of the molecule is NC1CCN(C(=O)c2ccc3[nH]ccc3c2)CC1. The van der Waals surface area contributed by atoms with Gasteiger partial charge in [0, 0.05) is 41.8 Å². The predicted molar refractivity (Wildman–Crippen MR) is 71.4 cm³/mol. The molecule has 1 aliphatic heterocycles. The number of carbonyl (C=O) groups excluding carboxylic acids is 1. The Kier molecular flexibility index (Phi) is 2.80. The van der Waals surface area contributed by atoms with Gasteiger partial charge in [-0.05, 0) is 37.1 Å². The number of nitrogens with two attached hydrogens (primary N) is 1. The number of aromatic nitrogens is 1. The number of piperidine rings is 1. The highest BCUT2D eigenvalue weighted by Crippen LogP contribution is 2.17. The fraction of sp³-hybridized carbons (Fsp3) is 0.357. The molecule has 0 bridgehead atoms. The van der Waals surface area contributed by atoms with Crippen molar-refractivity contribution in [3.63, 3.8) is 0 Å². The largest absolute Gasteiger partial charge is 0.361 e. The van der Waals surface area contributed by atoms with Gasteiger partial charge in [-0.25, -0.2) is 0 Å². The molecule has 18 heavy (non-hydrogen) atoms. The molecule has 1 saturated heterocycles. The Morgan fingerprint density at radius 1 is 1.28 bits per heavy atom. The molecule has 2 aromatic rings. The molecule has 1 fully saturated rings. The van der Waals surface area contributed by atoms with E-state index in [1.807, 2.05) is 35.4 Å². The predicted octanol–water partition coefficient (Wildman–Crippen LogP) is 1.73. The zero-order valence-corrected chi connectivity index (χ0v) is 10.2. The van der Waals surface area contributed by atoms with Crippen molar-refractivity contribution in [2.75, 3.05) is 13.1 Å². The van der Waals surface area contributed by atoms with E-state index in [1.54, 1.807) is 0 Å². The number of hydrogen-bond donors (Lipinski definition) is 2. The fourth-order valence-corrected chi connectivity index (χ4v) is 2.47. The maximum atomic E-state index is 12.3. The lowest BCUT2D eigenvalue weighted by atomic mass is 10.0. The first-order valence-corrected chi connectivity index (χ1v) is 6.36. The Morgan fingerprint density at radius 2 is 2.06 bits per heavy atom. The topological polar surface area (TPSA) is 62.1 Å². The lowest BCUT2D eigenvalue weighted by molar-refractivity contribution is 0.0715. The first kappa shape index (κ1) is 11.3. The van der Waals surface area contributed by atoms with Crippen molar-refractivity contribution in [1.29, 1.82) is 0 Å². The van der Waals surface area contributed by atoms with Crippen LogP contribution in [0.4, 0.5) is 0 Å². The molecule has 1 amide bonds. The molecule has 2 heterocycles. The van der Waals surface area contributed by atoms with Gasteiger partial charge in [0.25, 0.3) is 5.91 Å². The van der Waals surface area contributed by atoms with Crippen molar-refractivity contribution in [3.05, 3.63) is 36.0 Å². The van der Waals surface area contributed by atoms with Crippen LogP contribution in [-0.4, -0.2) is 34.9 Å². The van der Waals surface area contributed by atoms with Crippen LogP contribution in [0.3, 0.4) is 0 Å².